The van der Waals surface area contributed by atoms with Gasteiger partial charge >= 0.3 is 0 Å². The van der Waals surface area contributed by atoms with Gasteiger partial charge in [0.15, 0.2) is 0 Å². The number of aliphatic hydroxyl groups is 2. The van der Waals surface area contributed by atoms with Crippen LogP contribution >= 0.6 is 0 Å². The first kappa shape index (κ1) is 17.8. The summed E-state index contributed by atoms with van der Waals surface area (Å²) in [6.45, 7) is 1.82. The third-order valence-electron chi connectivity index (χ3n) is 9.05. The first-order chi connectivity index (χ1) is 11.9. The fraction of sp³-hybridized carbons (Fsp3) is 0.909. The molecule has 0 radical (unpaired) electrons. The van der Waals surface area contributed by atoms with Crippen molar-refractivity contribution in [2.45, 2.75) is 82.3 Å². The van der Waals surface area contributed by atoms with E-state index in [2.05, 4.69) is 12.8 Å². The first-order valence-electron chi connectivity index (χ1n) is 10.3. The zero-order chi connectivity index (χ0) is 17.9. The van der Waals surface area contributed by atoms with E-state index < -0.39 is 17.9 Å². The highest BCUT2D eigenvalue weighted by atomic mass is 19.1. The van der Waals surface area contributed by atoms with E-state index in [-0.39, 0.29) is 5.41 Å². The molecule has 0 heterocycles. The molecular formula is C22H33FO2. The van der Waals surface area contributed by atoms with Gasteiger partial charge in [-0.3, -0.25) is 4.39 Å². The molecule has 0 bridgehead atoms. The standard InChI is InChI=1S/C22H33FO2/c1-3-22(25)11-8-19-18-5-4-15-14-21(24,12-13-23)10-7-16(15)17(18)6-9-20(19,22)2/h1,15-19,24-25H,4-14H2,2H3/t15?,16-,17+,18+,19-,20-,21?,22+/m0/s1. The third-order valence-corrected chi connectivity index (χ3v) is 9.05. The smallest absolute Gasteiger partial charge is 0.130 e. The van der Waals surface area contributed by atoms with E-state index in [0.29, 0.717) is 36.0 Å². The summed E-state index contributed by atoms with van der Waals surface area (Å²) in [5.41, 5.74) is -1.81. The van der Waals surface area contributed by atoms with Crippen LogP contribution in [0.1, 0.15) is 71.1 Å². The SMILES string of the molecule is C#C[C@@]1(O)CC[C@H]2[C@@H]3CCC4CC(O)(CCF)CC[C@@H]4[C@H]3CC[C@@]21C. The fourth-order valence-corrected chi connectivity index (χ4v) is 7.62. The number of rotatable bonds is 2. The topological polar surface area (TPSA) is 40.5 Å². The quantitative estimate of drug-likeness (QED) is 0.738. The summed E-state index contributed by atoms with van der Waals surface area (Å²) < 4.78 is 12.8. The van der Waals surface area contributed by atoms with Crippen LogP contribution in [0.3, 0.4) is 0 Å². The number of terminal acetylenes is 1. The molecule has 4 saturated carbocycles. The highest BCUT2D eigenvalue weighted by Crippen LogP contribution is 2.65. The van der Waals surface area contributed by atoms with E-state index in [1.807, 2.05) is 0 Å². The summed E-state index contributed by atoms with van der Waals surface area (Å²) >= 11 is 0. The molecule has 4 aliphatic rings. The number of hydrogen-bond acceptors (Lipinski definition) is 2. The molecule has 4 rings (SSSR count). The van der Waals surface area contributed by atoms with Crippen LogP contribution in [0.15, 0.2) is 0 Å². The van der Waals surface area contributed by atoms with Crippen molar-refractivity contribution in [2.24, 2.45) is 35.0 Å². The average molecular weight is 349 g/mol. The number of halogens is 1. The Hall–Kier alpha value is -0.590. The van der Waals surface area contributed by atoms with Crippen LogP contribution in [-0.2, 0) is 0 Å². The van der Waals surface area contributed by atoms with Crippen molar-refractivity contribution in [2.75, 3.05) is 6.67 Å². The number of hydrogen-bond donors (Lipinski definition) is 2. The van der Waals surface area contributed by atoms with Crippen LogP contribution in [0.25, 0.3) is 0 Å². The van der Waals surface area contributed by atoms with Gasteiger partial charge in [0.2, 0.25) is 0 Å². The van der Waals surface area contributed by atoms with Gasteiger partial charge in [-0.1, -0.05) is 12.8 Å². The molecule has 3 heteroatoms. The minimum atomic E-state index is -0.923. The van der Waals surface area contributed by atoms with Gasteiger partial charge in [-0.15, -0.1) is 6.42 Å². The second kappa shape index (κ2) is 5.96. The fourth-order valence-electron chi connectivity index (χ4n) is 7.62. The lowest BCUT2D eigenvalue weighted by atomic mass is 9.48. The van der Waals surface area contributed by atoms with Gasteiger partial charge in [0.25, 0.3) is 0 Å². The van der Waals surface area contributed by atoms with Crippen molar-refractivity contribution < 1.29 is 14.6 Å². The Morgan fingerprint density at radius 2 is 1.76 bits per heavy atom. The summed E-state index contributed by atoms with van der Waals surface area (Å²) in [5.74, 6) is 5.92. The van der Waals surface area contributed by atoms with Crippen LogP contribution in [-0.4, -0.2) is 28.1 Å². The van der Waals surface area contributed by atoms with Crippen LogP contribution < -0.4 is 0 Å². The number of fused-ring (bicyclic) bond motifs is 5. The lowest BCUT2D eigenvalue weighted by molar-refractivity contribution is -0.127. The Morgan fingerprint density at radius 3 is 2.48 bits per heavy atom. The second-order valence-corrected chi connectivity index (χ2v) is 9.84. The maximum absolute atomic E-state index is 12.8. The van der Waals surface area contributed by atoms with Crippen LogP contribution in [0.4, 0.5) is 4.39 Å². The Morgan fingerprint density at radius 1 is 1.00 bits per heavy atom. The van der Waals surface area contributed by atoms with Crippen LogP contribution in [0, 0.1) is 47.3 Å². The summed E-state index contributed by atoms with van der Waals surface area (Å²) in [6, 6.07) is 0. The zero-order valence-electron chi connectivity index (χ0n) is 15.5. The van der Waals surface area contributed by atoms with E-state index in [1.54, 1.807) is 0 Å². The molecule has 2 nitrogen and oxygen atoms in total. The van der Waals surface area contributed by atoms with Crippen LogP contribution in [0.5, 0.6) is 0 Å². The third kappa shape index (κ3) is 2.51. The average Bonchev–Trinajstić information content (AvgIpc) is 2.86. The van der Waals surface area contributed by atoms with Gasteiger partial charge in [0, 0.05) is 11.8 Å². The molecule has 8 atom stereocenters. The summed E-state index contributed by atoms with van der Waals surface area (Å²) in [6.07, 6.45) is 15.0. The van der Waals surface area contributed by atoms with Crippen molar-refractivity contribution in [3.63, 3.8) is 0 Å². The Bertz CT molecular complexity index is 571. The van der Waals surface area contributed by atoms with Gasteiger partial charge < -0.3 is 10.2 Å². The monoisotopic (exact) mass is 348 g/mol. The molecule has 0 saturated heterocycles. The molecule has 0 aromatic carbocycles. The van der Waals surface area contributed by atoms with E-state index in [9.17, 15) is 14.6 Å². The molecule has 0 amide bonds. The van der Waals surface area contributed by atoms with E-state index in [4.69, 9.17) is 6.42 Å². The second-order valence-electron chi connectivity index (χ2n) is 9.84. The molecule has 4 aliphatic carbocycles. The molecule has 4 fully saturated rings. The van der Waals surface area contributed by atoms with E-state index in [1.165, 1.54) is 6.42 Å². The zero-order valence-corrected chi connectivity index (χ0v) is 15.5. The van der Waals surface area contributed by atoms with Crippen molar-refractivity contribution in [3.8, 4) is 12.3 Å². The van der Waals surface area contributed by atoms with Gasteiger partial charge in [0.1, 0.15) is 5.60 Å². The van der Waals surface area contributed by atoms with Gasteiger partial charge in [0.05, 0.1) is 12.3 Å². The van der Waals surface area contributed by atoms with Crippen molar-refractivity contribution in [1.82, 2.24) is 0 Å². The van der Waals surface area contributed by atoms with Gasteiger partial charge in [-0.05, 0) is 87.4 Å². The Kier molecular flexibility index (Phi) is 4.25. The first-order valence-corrected chi connectivity index (χ1v) is 10.3. The molecule has 25 heavy (non-hydrogen) atoms. The molecular weight excluding hydrogens is 315 g/mol. The Balaban J connectivity index is 1.53. The lowest BCUT2D eigenvalue weighted by Gasteiger charge is -2.57. The Labute approximate surface area is 151 Å². The van der Waals surface area contributed by atoms with E-state index in [0.717, 1.165) is 51.4 Å². The largest absolute Gasteiger partial charge is 0.390 e. The molecule has 2 unspecified atom stereocenters. The normalized spacial score (nSPS) is 54.9. The molecule has 140 valence electrons. The number of alkyl halides is 1. The molecule has 0 aliphatic heterocycles. The van der Waals surface area contributed by atoms with Crippen molar-refractivity contribution in [3.05, 3.63) is 0 Å². The molecule has 2 N–H and O–H groups in total. The maximum Gasteiger partial charge on any atom is 0.130 e. The van der Waals surface area contributed by atoms with E-state index >= 15 is 0 Å². The van der Waals surface area contributed by atoms with Crippen molar-refractivity contribution in [1.29, 1.82) is 0 Å². The summed E-state index contributed by atoms with van der Waals surface area (Å²) in [5, 5.41) is 21.7. The predicted octanol–water partition coefficient (Wildman–Crippen LogP) is 4.09. The molecule has 0 spiro atoms. The predicted molar refractivity (Wildman–Crippen MR) is 96.4 cm³/mol. The summed E-state index contributed by atoms with van der Waals surface area (Å²) in [4.78, 5) is 0. The van der Waals surface area contributed by atoms with Gasteiger partial charge in [-0.2, -0.15) is 0 Å². The lowest BCUT2D eigenvalue weighted by Crippen LogP contribution is -2.54. The summed E-state index contributed by atoms with van der Waals surface area (Å²) in [7, 11) is 0. The highest BCUT2D eigenvalue weighted by molar-refractivity contribution is 5.23. The highest BCUT2D eigenvalue weighted by Gasteiger charge is 2.62. The minimum absolute atomic E-state index is 0.126. The molecule has 0 aromatic heterocycles. The minimum Gasteiger partial charge on any atom is -0.390 e. The molecule has 0 aromatic rings. The maximum atomic E-state index is 12.8. The van der Waals surface area contributed by atoms with Crippen molar-refractivity contribution >= 4 is 0 Å². The van der Waals surface area contributed by atoms with Crippen LogP contribution in [0.2, 0.25) is 0 Å². The van der Waals surface area contributed by atoms with Gasteiger partial charge in [-0.25, -0.2) is 0 Å².